The molecule has 2 aromatic carbocycles. The number of amides is 1. The molecule has 3 aromatic rings. The van der Waals surface area contributed by atoms with Crippen LogP contribution in [0, 0.1) is 0 Å². The third kappa shape index (κ3) is 4.21. The summed E-state index contributed by atoms with van der Waals surface area (Å²) in [5, 5.41) is 3.83. The number of nitrogens with one attached hydrogen (secondary N) is 1. The van der Waals surface area contributed by atoms with Crippen molar-refractivity contribution in [3.8, 4) is 0 Å². The van der Waals surface area contributed by atoms with Crippen molar-refractivity contribution in [1.29, 1.82) is 0 Å². The first-order valence-electron chi connectivity index (χ1n) is 7.77. The van der Waals surface area contributed by atoms with E-state index in [2.05, 4.69) is 10.3 Å². The summed E-state index contributed by atoms with van der Waals surface area (Å²) in [5.41, 5.74) is 2.76. The van der Waals surface area contributed by atoms with Crippen LogP contribution in [0.3, 0.4) is 0 Å². The first kappa shape index (κ1) is 17.5. The smallest absolute Gasteiger partial charge is 0.248 e. The van der Waals surface area contributed by atoms with Crippen molar-refractivity contribution in [1.82, 2.24) is 4.98 Å². The molecule has 0 atom stereocenters. The minimum atomic E-state index is -0.269. The van der Waals surface area contributed by atoms with E-state index in [0.717, 1.165) is 5.52 Å². The van der Waals surface area contributed by atoms with Crippen LogP contribution in [0.1, 0.15) is 31.2 Å². The molecular weight excluding hydrogens is 359 g/mol. The van der Waals surface area contributed by atoms with E-state index in [9.17, 15) is 4.79 Å². The van der Waals surface area contributed by atoms with Crippen LogP contribution in [0.15, 0.2) is 46.9 Å². The molecule has 1 aromatic heterocycles. The molecule has 0 aliphatic rings. The van der Waals surface area contributed by atoms with Crippen LogP contribution in [0.4, 0.5) is 5.69 Å². The number of carbonyl (C=O) groups excluding carboxylic acids is 1. The van der Waals surface area contributed by atoms with Gasteiger partial charge in [-0.25, -0.2) is 4.98 Å². The summed E-state index contributed by atoms with van der Waals surface area (Å²) < 4.78 is 5.70. The summed E-state index contributed by atoms with van der Waals surface area (Å²) in [6.45, 7) is 4.03. The zero-order valence-electron chi connectivity index (χ0n) is 13.7. The minimum Gasteiger partial charge on any atom is -0.440 e. The van der Waals surface area contributed by atoms with Crippen molar-refractivity contribution >= 4 is 52.0 Å². The summed E-state index contributed by atoms with van der Waals surface area (Å²) in [6.07, 6.45) is 3.05. The highest BCUT2D eigenvalue weighted by molar-refractivity contribution is 6.35. The van der Waals surface area contributed by atoms with Crippen LogP contribution in [-0.4, -0.2) is 10.9 Å². The molecule has 0 spiro atoms. The summed E-state index contributed by atoms with van der Waals surface area (Å²) >= 11 is 11.9. The molecule has 3 rings (SSSR count). The maximum Gasteiger partial charge on any atom is 0.248 e. The lowest BCUT2D eigenvalue weighted by atomic mass is 10.2. The zero-order valence-corrected chi connectivity index (χ0v) is 15.2. The topological polar surface area (TPSA) is 55.1 Å². The Morgan fingerprint density at radius 1 is 1.20 bits per heavy atom. The summed E-state index contributed by atoms with van der Waals surface area (Å²) in [7, 11) is 0. The fourth-order valence-electron chi connectivity index (χ4n) is 2.25. The molecule has 6 heteroatoms. The Labute approximate surface area is 155 Å². The maximum absolute atomic E-state index is 12.1. The number of benzene rings is 2. The highest BCUT2D eigenvalue weighted by Gasteiger charge is 2.10. The van der Waals surface area contributed by atoms with E-state index >= 15 is 0 Å². The lowest BCUT2D eigenvalue weighted by Crippen LogP contribution is -2.07. The Hall–Kier alpha value is -2.30. The standard InChI is InChI=1S/C19H16Cl2N2O2/c1-11(2)19-23-16-7-6-14(10-17(16)25-19)22-18(24)8-4-12-3-5-13(20)9-15(12)21/h3-11H,1-2H3,(H,22,24)/b8-4+. The second-order valence-electron chi connectivity index (χ2n) is 5.88. The number of anilines is 1. The van der Waals surface area contributed by atoms with Gasteiger partial charge in [0, 0.05) is 33.8 Å². The Kier molecular flexibility index (Phi) is 5.11. The number of aromatic nitrogens is 1. The average Bonchev–Trinajstić information content (AvgIpc) is 2.97. The highest BCUT2D eigenvalue weighted by atomic mass is 35.5. The van der Waals surface area contributed by atoms with Gasteiger partial charge in [0.2, 0.25) is 5.91 Å². The number of rotatable bonds is 4. The molecule has 0 aliphatic carbocycles. The fourth-order valence-corrected chi connectivity index (χ4v) is 2.72. The van der Waals surface area contributed by atoms with Gasteiger partial charge in [0.25, 0.3) is 0 Å². The molecule has 0 bridgehead atoms. The van der Waals surface area contributed by atoms with Gasteiger partial charge < -0.3 is 9.73 Å². The van der Waals surface area contributed by atoms with Crippen molar-refractivity contribution in [2.24, 2.45) is 0 Å². The van der Waals surface area contributed by atoms with Gasteiger partial charge in [0.1, 0.15) is 5.52 Å². The van der Waals surface area contributed by atoms with Crippen molar-refractivity contribution in [3.05, 3.63) is 64.0 Å². The molecular formula is C19H16Cl2N2O2. The SMILES string of the molecule is CC(C)c1nc2ccc(NC(=O)/C=C/c3ccc(Cl)cc3Cl)cc2o1. The third-order valence-electron chi connectivity index (χ3n) is 3.54. The Morgan fingerprint density at radius 3 is 2.72 bits per heavy atom. The van der Waals surface area contributed by atoms with Crippen LogP contribution in [0.2, 0.25) is 10.0 Å². The Morgan fingerprint density at radius 2 is 2.00 bits per heavy atom. The molecule has 0 radical (unpaired) electrons. The molecule has 128 valence electrons. The van der Waals surface area contributed by atoms with Crippen LogP contribution < -0.4 is 5.32 Å². The van der Waals surface area contributed by atoms with E-state index in [1.165, 1.54) is 6.08 Å². The largest absolute Gasteiger partial charge is 0.440 e. The maximum atomic E-state index is 12.1. The molecule has 0 saturated carbocycles. The van der Waals surface area contributed by atoms with E-state index < -0.39 is 0 Å². The Balaban J connectivity index is 1.74. The van der Waals surface area contributed by atoms with E-state index in [4.69, 9.17) is 27.6 Å². The van der Waals surface area contributed by atoms with Crippen LogP contribution >= 0.6 is 23.2 Å². The molecule has 0 saturated heterocycles. The first-order valence-corrected chi connectivity index (χ1v) is 8.52. The normalized spacial score (nSPS) is 11.6. The zero-order chi connectivity index (χ0) is 18.0. The van der Waals surface area contributed by atoms with Gasteiger partial charge >= 0.3 is 0 Å². The summed E-state index contributed by atoms with van der Waals surface area (Å²) in [4.78, 5) is 16.5. The van der Waals surface area contributed by atoms with Crippen LogP contribution in [0.25, 0.3) is 17.2 Å². The Bertz CT molecular complexity index is 961. The number of carbonyl (C=O) groups is 1. The van der Waals surface area contributed by atoms with Gasteiger partial charge in [-0.1, -0.05) is 43.1 Å². The predicted molar refractivity (Wildman–Crippen MR) is 102 cm³/mol. The summed E-state index contributed by atoms with van der Waals surface area (Å²) in [5.74, 6) is 0.613. The number of oxazole rings is 1. The molecule has 0 fully saturated rings. The van der Waals surface area contributed by atoms with Crippen LogP contribution in [-0.2, 0) is 4.79 Å². The second-order valence-corrected chi connectivity index (χ2v) is 6.72. The molecule has 0 aliphatic heterocycles. The molecule has 25 heavy (non-hydrogen) atoms. The van der Waals surface area contributed by atoms with Crippen molar-refractivity contribution in [2.45, 2.75) is 19.8 Å². The van der Waals surface area contributed by atoms with Gasteiger partial charge in [0.05, 0.1) is 0 Å². The van der Waals surface area contributed by atoms with E-state index in [-0.39, 0.29) is 11.8 Å². The number of fused-ring (bicyclic) bond motifs is 1. The molecule has 1 N–H and O–H groups in total. The number of hydrogen-bond donors (Lipinski definition) is 1. The summed E-state index contributed by atoms with van der Waals surface area (Å²) in [6, 6.07) is 10.5. The van der Waals surface area contributed by atoms with Gasteiger partial charge in [-0.05, 0) is 35.9 Å². The molecule has 0 unspecified atom stereocenters. The predicted octanol–water partition coefficient (Wildman–Crippen LogP) is 5.91. The van der Waals surface area contributed by atoms with E-state index in [1.807, 2.05) is 19.9 Å². The minimum absolute atomic E-state index is 0.206. The average molecular weight is 375 g/mol. The number of nitrogens with zero attached hydrogens (tertiary/aromatic N) is 1. The van der Waals surface area contributed by atoms with Gasteiger partial charge in [0.15, 0.2) is 11.5 Å². The monoisotopic (exact) mass is 374 g/mol. The van der Waals surface area contributed by atoms with Crippen LogP contribution in [0.5, 0.6) is 0 Å². The van der Waals surface area contributed by atoms with Crippen molar-refractivity contribution in [2.75, 3.05) is 5.32 Å². The van der Waals surface area contributed by atoms with Gasteiger partial charge in [-0.3, -0.25) is 4.79 Å². The molecule has 4 nitrogen and oxygen atoms in total. The van der Waals surface area contributed by atoms with E-state index in [0.29, 0.717) is 32.8 Å². The van der Waals surface area contributed by atoms with Crippen molar-refractivity contribution in [3.63, 3.8) is 0 Å². The lowest BCUT2D eigenvalue weighted by molar-refractivity contribution is -0.111. The van der Waals surface area contributed by atoms with Gasteiger partial charge in [-0.2, -0.15) is 0 Å². The fraction of sp³-hybridized carbons (Fsp3) is 0.158. The van der Waals surface area contributed by atoms with E-state index in [1.54, 1.807) is 36.4 Å². The highest BCUT2D eigenvalue weighted by Crippen LogP contribution is 2.24. The van der Waals surface area contributed by atoms with Gasteiger partial charge in [-0.15, -0.1) is 0 Å². The molecule has 1 amide bonds. The number of hydrogen-bond acceptors (Lipinski definition) is 3. The number of halogens is 2. The lowest BCUT2D eigenvalue weighted by Gasteiger charge is -2.02. The third-order valence-corrected chi connectivity index (χ3v) is 4.11. The molecule has 1 heterocycles. The quantitative estimate of drug-likeness (QED) is 0.577. The van der Waals surface area contributed by atoms with Crippen molar-refractivity contribution < 1.29 is 9.21 Å². The second kappa shape index (κ2) is 7.30. The first-order chi connectivity index (χ1) is 11.9.